The number of aliphatic hydroxyl groups is 2. The third kappa shape index (κ3) is 2.44. The molecule has 2 N–H and O–H groups in total. The first-order valence-corrected chi connectivity index (χ1v) is 5.47. The monoisotopic (exact) mass is 270 g/mol. The summed E-state index contributed by atoms with van der Waals surface area (Å²) in [5.41, 5.74) is 0. The van der Waals surface area contributed by atoms with Crippen LogP contribution in [0.25, 0.3) is 0 Å². The first-order chi connectivity index (χ1) is 5.65. The van der Waals surface area contributed by atoms with Crippen molar-refractivity contribution in [3.05, 3.63) is 20.8 Å². The maximum Gasteiger partial charge on any atom is 0.115 e. The van der Waals surface area contributed by atoms with E-state index in [9.17, 15) is 10.2 Å². The molecule has 0 aliphatic rings. The Morgan fingerprint density at radius 3 is 2.58 bits per heavy atom. The number of hydrogen-bond donors (Lipinski definition) is 2. The van der Waals surface area contributed by atoms with Gasteiger partial charge in [0.2, 0.25) is 0 Å². The van der Waals surface area contributed by atoms with Gasteiger partial charge in [-0.15, -0.1) is 22.9 Å². The van der Waals surface area contributed by atoms with E-state index in [-0.39, 0.29) is 5.88 Å². The van der Waals surface area contributed by atoms with Crippen LogP contribution < -0.4 is 0 Å². The molecule has 0 aromatic carbocycles. The lowest BCUT2D eigenvalue weighted by molar-refractivity contribution is 0.0350. The van der Waals surface area contributed by atoms with E-state index in [4.69, 9.17) is 11.6 Å². The highest BCUT2D eigenvalue weighted by Gasteiger charge is 2.18. The predicted octanol–water partition coefficient (Wildman–Crippen LogP) is 2.14. The van der Waals surface area contributed by atoms with Crippen LogP contribution in [0.4, 0.5) is 0 Å². The zero-order valence-electron chi connectivity index (χ0n) is 6.08. The lowest BCUT2D eigenvalue weighted by Gasteiger charge is -2.12. The molecule has 0 fully saturated rings. The Hall–Kier alpha value is 0.390. The van der Waals surface area contributed by atoms with Gasteiger partial charge in [-0.25, -0.2) is 0 Å². The van der Waals surface area contributed by atoms with E-state index < -0.39 is 12.2 Å². The molecule has 0 bridgehead atoms. The van der Waals surface area contributed by atoms with Gasteiger partial charge in [0.15, 0.2) is 0 Å². The van der Waals surface area contributed by atoms with Crippen LogP contribution in [0.15, 0.2) is 15.9 Å². The van der Waals surface area contributed by atoms with Crippen molar-refractivity contribution in [2.24, 2.45) is 0 Å². The number of aliphatic hydroxyl groups excluding tert-OH is 2. The Morgan fingerprint density at radius 1 is 1.50 bits per heavy atom. The Kier molecular flexibility index (Phi) is 3.99. The van der Waals surface area contributed by atoms with Crippen LogP contribution in [-0.4, -0.2) is 22.2 Å². The standard InChI is InChI=1S/C7H8BrClO2S/c8-6-2-1-5(12-6)7(11)4(10)3-9/h1-2,4,7,10-11H,3H2. The molecule has 1 aromatic heterocycles. The summed E-state index contributed by atoms with van der Waals surface area (Å²) in [4.78, 5) is 0.718. The smallest absolute Gasteiger partial charge is 0.115 e. The van der Waals surface area contributed by atoms with Gasteiger partial charge in [0.1, 0.15) is 6.10 Å². The lowest BCUT2D eigenvalue weighted by atomic mass is 10.2. The van der Waals surface area contributed by atoms with Crippen LogP contribution in [0.2, 0.25) is 0 Å². The maximum atomic E-state index is 9.46. The molecule has 0 spiro atoms. The number of alkyl halides is 1. The van der Waals surface area contributed by atoms with Gasteiger partial charge >= 0.3 is 0 Å². The van der Waals surface area contributed by atoms with Gasteiger partial charge < -0.3 is 10.2 Å². The van der Waals surface area contributed by atoms with E-state index in [1.165, 1.54) is 11.3 Å². The molecule has 68 valence electrons. The van der Waals surface area contributed by atoms with Gasteiger partial charge in [0.05, 0.1) is 15.8 Å². The summed E-state index contributed by atoms with van der Waals surface area (Å²) in [6.07, 6.45) is -1.77. The van der Waals surface area contributed by atoms with Gasteiger partial charge in [-0.1, -0.05) is 0 Å². The van der Waals surface area contributed by atoms with Crippen LogP contribution in [0.5, 0.6) is 0 Å². The van der Waals surface area contributed by atoms with Crippen molar-refractivity contribution in [1.82, 2.24) is 0 Å². The minimum Gasteiger partial charge on any atom is -0.389 e. The Balaban J connectivity index is 2.70. The van der Waals surface area contributed by atoms with E-state index in [1.807, 2.05) is 6.07 Å². The molecule has 1 heterocycles. The molecule has 1 rings (SSSR count). The number of halogens is 2. The van der Waals surface area contributed by atoms with Crippen molar-refractivity contribution >= 4 is 38.9 Å². The Bertz CT molecular complexity index is 253. The summed E-state index contributed by atoms with van der Waals surface area (Å²) < 4.78 is 0.929. The second kappa shape index (κ2) is 4.58. The number of rotatable bonds is 3. The van der Waals surface area contributed by atoms with Gasteiger partial charge in [-0.2, -0.15) is 0 Å². The summed E-state index contributed by atoms with van der Waals surface area (Å²) >= 11 is 10.0. The molecule has 0 saturated heterocycles. The molecule has 2 atom stereocenters. The van der Waals surface area contributed by atoms with Crippen molar-refractivity contribution < 1.29 is 10.2 Å². The second-order valence-electron chi connectivity index (χ2n) is 2.31. The zero-order valence-corrected chi connectivity index (χ0v) is 9.23. The van der Waals surface area contributed by atoms with Crippen LogP contribution >= 0.6 is 38.9 Å². The maximum absolute atomic E-state index is 9.46. The molecule has 1 aromatic rings. The topological polar surface area (TPSA) is 40.5 Å². The molecular weight excluding hydrogens is 263 g/mol. The average molecular weight is 272 g/mol. The normalized spacial score (nSPS) is 16.0. The largest absolute Gasteiger partial charge is 0.389 e. The number of hydrogen-bond acceptors (Lipinski definition) is 3. The highest BCUT2D eigenvalue weighted by atomic mass is 79.9. The fourth-order valence-electron chi connectivity index (χ4n) is 0.761. The third-order valence-corrected chi connectivity index (χ3v) is 3.42. The highest BCUT2D eigenvalue weighted by molar-refractivity contribution is 9.11. The van der Waals surface area contributed by atoms with Gasteiger partial charge in [-0.3, -0.25) is 0 Å². The van der Waals surface area contributed by atoms with Crippen LogP contribution in [0, 0.1) is 0 Å². The summed E-state index contributed by atoms with van der Waals surface area (Å²) in [7, 11) is 0. The molecule has 0 amide bonds. The summed E-state index contributed by atoms with van der Waals surface area (Å²) in [6, 6.07) is 3.58. The molecule has 2 nitrogen and oxygen atoms in total. The van der Waals surface area contributed by atoms with Crippen molar-refractivity contribution in [1.29, 1.82) is 0 Å². The lowest BCUT2D eigenvalue weighted by Crippen LogP contribution is -2.18. The number of thiophene rings is 1. The molecule has 0 radical (unpaired) electrons. The van der Waals surface area contributed by atoms with E-state index in [1.54, 1.807) is 6.07 Å². The molecule has 0 saturated carbocycles. The molecule has 2 unspecified atom stereocenters. The quantitative estimate of drug-likeness (QED) is 0.827. The van der Waals surface area contributed by atoms with E-state index >= 15 is 0 Å². The first kappa shape index (κ1) is 10.5. The Morgan fingerprint density at radius 2 is 2.17 bits per heavy atom. The van der Waals surface area contributed by atoms with Crippen LogP contribution in [0.3, 0.4) is 0 Å². The van der Waals surface area contributed by atoms with Crippen molar-refractivity contribution in [3.63, 3.8) is 0 Å². The van der Waals surface area contributed by atoms with Gasteiger partial charge in [0, 0.05) is 4.88 Å². The molecule has 5 heteroatoms. The molecule has 0 aliphatic heterocycles. The zero-order chi connectivity index (χ0) is 9.14. The SMILES string of the molecule is OC(CCl)C(O)c1ccc(Br)s1. The summed E-state index contributed by atoms with van der Waals surface area (Å²) in [6.45, 7) is 0. The average Bonchev–Trinajstić information content (AvgIpc) is 2.49. The Labute approximate surface area is 87.9 Å². The van der Waals surface area contributed by atoms with Crippen molar-refractivity contribution in [3.8, 4) is 0 Å². The highest BCUT2D eigenvalue weighted by Crippen LogP contribution is 2.29. The molecule has 12 heavy (non-hydrogen) atoms. The van der Waals surface area contributed by atoms with E-state index in [0.29, 0.717) is 0 Å². The minimum atomic E-state index is -0.891. The van der Waals surface area contributed by atoms with Crippen LogP contribution in [0.1, 0.15) is 11.0 Å². The van der Waals surface area contributed by atoms with Gasteiger partial charge in [-0.05, 0) is 28.1 Å². The van der Waals surface area contributed by atoms with Crippen molar-refractivity contribution in [2.75, 3.05) is 5.88 Å². The minimum absolute atomic E-state index is 0.0384. The van der Waals surface area contributed by atoms with E-state index in [2.05, 4.69) is 15.9 Å². The summed E-state index contributed by atoms with van der Waals surface area (Å²) in [5, 5.41) is 18.7. The summed E-state index contributed by atoms with van der Waals surface area (Å²) in [5.74, 6) is 0.0384. The van der Waals surface area contributed by atoms with Crippen LogP contribution in [-0.2, 0) is 0 Å². The van der Waals surface area contributed by atoms with E-state index in [0.717, 1.165) is 8.66 Å². The third-order valence-electron chi connectivity index (χ3n) is 1.41. The molecule has 0 aliphatic carbocycles. The van der Waals surface area contributed by atoms with Crippen molar-refractivity contribution in [2.45, 2.75) is 12.2 Å². The molecular formula is C7H8BrClO2S. The predicted molar refractivity (Wildman–Crippen MR) is 53.7 cm³/mol. The fraction of sp³-hybridized carbons (Fsp3) is 0.429. The fourth-order valence-corrected chi connectivity index (χ4v) is 2.40. The second-order valence-corrected chi connectivity index (χ2v) is 5.11. The first-order valence-electron chi connectivity index (χ1n) is 3.32. The van der Waals surface area contributed by atoms with Gasteiger partial charge in [0.25, 0.3) is 0 Å².